The van der Waals surface area contributed by atoms with Crippen molar-refractivity contribution in [1.82, 2.24) is 9.71 Å². The molecule has 2 rings (SSSR count). The highest BCUT2D eigenvalue weighted by molar-refractivity contribution is 7.89. The highest BCUT2D eigenvalue weighted by Gasteiger charge is 2.18. The first-order chi connectivity index (χ1) is 8.90. The first-order valence-corrected chi connectivity index (χ1v) is 7.75. The van der Waals surface area contributed by atoms with Gasteiger partial charge in [0.25, 0.3) is 0 Å². The van der Waals surface area contributed by atoms with Crippen molar-refractivity contribution in [1.29, 1.82) is 0 Å². The zero-order chi connectivity index (χ0) is 14.0. The third-order valence-corrected chi connectivity index (χ3v) is 4.47. The van der Waals surface area contributed by atoms with Crippen molar-refractivity contribution < 1.29 is 8.42 Å². The van der Waals surface area contributed by atoms with Crippen LogP contribution in [-0.2, 0) is 10.0 Å². The van der Waals surface area contributed by atoms with E-state index in [0.717, 1.165) is 11.9 Å². The maximum atomic E-state index is 12.2. The van der Waals surface area contributed by atoms with Crippen LogP contribution in [0.25, 0.3) is 10.9 Å². The highest BCUT2D eigenvalue weighted by Crippen LogP contribution is 2.24. The molecule has 104 valence electrons. The van der Waals surface area contributed by atoms with Crippen LogP contribution in [-0.4, -0.2) is 19.9 Å². The number of nitrogen functional groups attached to an aromatic ring is 1. The van der Waals surface area contributed by atoms with Crippen molar-refractivity contribution in [3.8, 4) is 0 Å². The average molecular weight is 281 g/mol. The Kier molecular flexibility index (Phi) is 3.82. The average Bonchev–Trinajstić information content (AvgIpc) is 2.71. The predicted octanol–water partition coefficient (Wildman–Crippen LogP) is 2.07. The van der Waals surface area contributed by atoms with E-state index in [0.29, 0.717) is 23.5 Å². The molecule has 0 spiro atoms. The second kappa shape index (κ2) is 5.22. The van der Waals surface area contributed by atoms with Gasteiger partial charge in [0.15, 0.2) is 0 Å². The minimum absolute atomic E-state index is 0.270. The number of nitrogens with one attached hydrogen (secondary N) is 2. The van der Waals surface area contributed by atoms with Crippen molar-refractivity contribution in [3.63, 3.8) is 0 Å². The van der Waals surface area contributed by atoms with Crippen molar-refractivity contribution in [2.45, 2.75) is 25.2 Å². The van der Waals surface area contributed by atoms with Gasteiger partial charge in [-0.25, -0.2) is 13.1 Å². The lowest BCUT2D eigenvalue weighted by Crippen LogP contribution is -2.25. The zero-order valence-electron chi connectivity index (χ0n) is 11.1. The maximum absolute atomic E-state index is 12.2. The van der Waals surface area contributed by atoms with Crippen molar-refractivity contribution in [2.24, 2.45) is 5.92 Å². The Hall–Kier alpha value is -1.53. The van der Waals surface area contributed by atoms with Crippen LogP contribution in [0.1, 0.15) is 20.3 Å². The topological polar surface area (TPSA) is 88.0 Å². The van der Waals surface area contributed by atoms with Gasteiger partial charge in [0.05, 0.1) is 0 Å². The van der Waals surface area contributed by atoms with Crippen molar-refractivity contribution in [2.75, 3.05) is 12.3 Å². The Morgan fingerprint density at radius 3 is 2.79 bits per heavy atom. The van der Waals surface area contributed by atoms with Gasteiger partial charge in [0.1, 0.15) is 4.90 Å². The molecule has 0 fully saturated rings. The van der Waals surface area contributed by atoms with E-state index in [1.165, 1.54) is 6.20 Å². The summed E-state index contributed by atoms with van der Waals surface area (Å²) in [6.07, 6.45) is 2.32. The Morgan fingerprint density at radius 2 is 2.11 bits per heavy atom. The zero-order valence-corrected chi connectivity index (χ0v) is 11.9. The van der Waals surface area contributed by atoms with Crippen molar-refractivity contribution >= 4 is 26.6 Å². The van der Waals surface area contributed by atoms with E-state index in [1.807, 2.05) is 0 Å². The van der Waals surface area contributed by atoms with Crippen LogP contribution in [0.4, 0.5) is 5.69 Å². The lowest BCUT2D eigenvalue weighted by Gasteiger charge is -2.07. The molecule has 2 aromatic rings. The van der Waals surface area contributed by atoms with E-state index in [1.54, 1.807) is 18.2 Å². The van der Waals surface area contributed by atoms with Gasteiger partial charge in [0.2, 0.25) is 10.0 Å². The number of benzene rings is 1. The normalized spacial score (nSPS) is 12.4. The van der Waals surface area contributed by atoms with Crippen LogP contribution in [0.15, 0.2) is 29.3 Å². The lowest BCUT2D eigenvalue weighted by molar-refractivity contribution is 0.552. The standard InChI is InChI=1S/C13H19N3O2S/c1-9(2)5-6-16-19(17,18)13-8-15-12-7-10(14)3-4-11(12)13/h3-4,7-9,15-16H,5-6,14H2,1-2H3. The molecule has 0 aliphatic rings. The summed E-state index contributed by atoms with van der Waals surface area (Å²) in [5, 5.41) is 0.659. The predicted molar refractivity (Wildman–Crippen MR) is 77.4 cm³/mol. The number of H-pyrrole nitrogens is 1. The summed E-state index contributed by atoms with van der Waals surface area (Å²) in [6.45, 7) is 4.56. The summed E-state index contributed by atoms with van der Waals surface area (Å²) in [5.41, 5.74) is 7.00. The summed E-state index contributed by atoms with van der Waals surface area (Å²) in [7, 11) is -3.47. The van der Waals surface area contributed by atoms with Gasteiger partial charge in [-0.2, -0.15) is 0 Å². The van der Waals surface area contributed by atoms with E-state index < -0.39 is 10.0 Å². The third kappa shape index (κ3) is 3.08. The number of aromatic nitrogens is 1. The van der Waals surface area contributed by atoms with Crippen LogP contribution in [0.5, 0.6) is 0 Å². The second-order valence-electron chi connectivity index (χ2n) is 5.04. The molecule has 0 radical (unpaired) electrons. The molecule has 1 aromatic carbocycles. The molecule has 1 heterocycles. The van der Waals surface area contributed by atoms with Gasteiger partial charge < -0.3 is 10.7 Å². The summed E-state index contributed by atoms with van der Waals surface area (Å²) in [5.74, 6) is 0.463. The van der Waals surface area contributed by atoms with Gasteiger partial charge in [0, 0.05) is 29.3 Å². The first-order valence-electron chi connectivity index (χ1n) is 6.26. The molecule has 0 bridgehead atoms. The third-order valence-electron chi connectivity index (χ3n) is 2.97. The summed E-state index contributed by atoms with van der Waals surface area (Å²) < 4.78 is 27.0. The largest absolute Gasteiger partial charge is 0.399 e. The number of aromatic amines is 1. The fraction of sp³-hybridized carbons (Fsp3) is 0.385. The van der Waals surface area contributed by atoms with E-state index in [9.17, 15) is 8.42 Å². The SMILES string of the molecule is CC(C)CCNS(=O)(=O)c1c[nH]c2cc(N)ccc12. The molecule has 1 aromatic heterocycles. The molecular formula is C13H19N3O2S. The van der Waals surface area contributed by atoms with Crippen LogP contribution in [0, 0.1) is 5.92 Å². The van der Waals surface area contributed by atoms with Crippen LogP contribution in [0.3, 0.4) is 0 Å². The highest BCUT2D eigenvalue weighted by atomic mass is 32.2. The minimum atomic E-state index is -3.47. The van der Waals surface area contributed by atoms with Crippen molar-refractivity contribution in [3.05, 3.63) is 24.4 Å². The van der Waals surface area contributed by atoms with Gasteiger partial charge >= 0.3 is 0 Å². The van der Waals surface area contributed by atoms with E-state index >= 15 is 0 Å². The molecule has 0 unspecified atom stereocenters. The second-order valence-corrected chi connectivity index (χ2v) is 6.77. The summed E-state index contributed by atoms with van der Waals surface area (Å²) >= 11 is 0. The Labute approximate surface area is 113 Å². The van der Waals surface area contributed by atoms with Crippen LogP contribution < -0.4 is 10.5 Å². The molecule has 0 aliphatic carbocycles. The van der Waals surface area contributed by atoms with Crippen LogP contribution in [0.2, 0.25) is 0 Å². The quantitative estimate of drug-likeness (QED) is 0.733. The molecule has 4 N–H and O–H groups in total. The monoisotopic (exact) mass is 281 g/mol. The fourth-order valence-electron chi connectivity index (χ4n) is 1.90. The van der Waals surface area contributed by atoms with E-state index in [-0.39, 0.29) is 4.90 Å². The first kappa shape index (κ1) is 13.9. The maximum Gasteiger partial charge on any atom is 0.242 e. The molecule has 0 amide bonds. The van der Waals surface area contributed by atoms with Gasteiger partial charge in [-0.05, 0) is 30.5 Å². The Morgan fingerprint density at radius 1 is 1.37 bits per heavy atom. The molecule has 0 aliphatic heterocycles. The lowest BCUT2D eigenvalue weighted by atomic mass is 10.1. The molecule has 0 saturated heterocycles. The summed E-state index contributed by atoms with van der Waals surface area (Å²) in [6, 6.07) is 5.14. The van der Waals surface area contributed by atoms with Gasteiger partial charge in [-0.3, -0.25) is 0 Å². The molecule has 0 atom stereocenters. The number of sulfonamides is 1. The van der Waals surface area contributed by atoms with E-state index in [2.05, 4.69) is 23.6 Å². The smallest absolute Gasteiger partial charge is 0.242 e. The minimum Gasteiger partial charge on any atom is -0.399 e. The number of rotatable bonds is 5. The molecule has 0 saturated carbocycles. The fourth-order valence-corrected chi connectivity index (χ4v) is 3.12. The number of hydrogen-bond acceptors (Lipinski definition) is 3. The molecule has 5 nitrogen and oxygen atoms in total. The molecular weight excluding hydrogens is 262 g/mol. The number of fused-ring (bicyclic) bond motifs is 1. The molecule has 6 heteroatoms. The van der Waals surface area contributed by atoms with Gasteiger partial charge in [-0.15, -0.1) is 0 Å². The summed E-state index contributed by atoms with van der Waals surface area (Å²) in [4.78, 5) is 3.20. The van der Waals surface area contributed by atoms with Crippen LogP contribution >= 0.6 is 0 Å². The van der Waals surface area contributed by atoms with Gasteiger partial charge in [-0.1, -0.05) is 13.8 Å². The number of anilines is 1. The molecule has 19 heavy (non-hydrogen) atoms. The number of hydrogen-bond donors (Lipinski definition) is 3. The Bertz CT molecular complexity index is 674. The van der Waals surface area contributed by atoms with E-state index in [4.69, 9.17) is 5.73 Å². The Balaban J connectivity index is 2.28. The number of nitrogens with two attached hydrogens (primary N) is 1.